The van der Waals surface area contributed by atoms with Crippen LogP contribution < -0.4 is 14.8 Å². The van der Waals surface area contributed by atoms with Gasteiger partial charge in [0.25, 0.3) is 0 Å². The van der Waals surface area contributed by atoms with Crippen molar-refractivity contribution in [1.82, 2.24) is 14.8 Å². The summed E-state index contributed by atoms with van der Waals surface area (Å²) >= 11 is 4.72. The normalized spacial score (nSPS) is 11.7. The number of aromatic nitrogens is 3. The van der Waals surface area contributed by atoms with Crippen LogP contribution in [0.25, 0.3) is 0 Å². The first-order chi connectivity index (χ1) is 14.5. The van der Waals surface area contributed by atoms with E-state index in [9.17, 15) is 4.79 Å². The Bertz CT molecular complexity index is 994. The lowest BCUT2D eigenvalue weighted by Gasteiger charge is -2.14. The number of anilines is 1. The van der Waals surface area contributed by atoms with Crippen molar-refractivity contribution in [2.24, 2.45) is 7.05 Å². The second-order valence-electron chi connectivity index (χ2n) is 6.38. The molecule has 3 aromatic rings. The number of nitrogens with zero attached hydrogens (tertiary/aromatic N) is 3. The maximum absolute atomic E-state index is 12.4. The molecule has 0 saturated carbocycles. The standard InChI is InChI=1S/C21H23BrN4O3S/c1-4-28-18-8-6-5-7-17(18)23-19(27)13-30-21-25-24-20(26(21)3)14(2)29-16-11-9-15(22)10-12-16/h5-12,14H,4,13H2,1-3H3,(H,23,27). The highest BCUT2D eigenvalue weighted by atomic mass is 79.9. The maximum atomic E-state index is 12.4. The smallest absolute Gasteiger partial charge is 0.234 e. The van der Waals surface area contributed by atoms with E-state index in [4.69, 9.17) is 9.47 Å². The van der Waals surface area contributed by atoms with Gasteiger partial charge in [-0.1, -0.05) is 39.8 Å². The van der Waals surface area contributed by atoms with Crippen LogP contribution in [0, 0.1) is 0 Å². The molecule has 0 aliphatic carbocycles. The molecule has 158 valence electrons. The van der Waals surface area contributed by atoms with Gasteiger partial charge in [-0.2, -0.15) is 0 Å². The van der Waals surface area contributed by atoms with Crippen LogP contribution in [0.3, 0.4) is 0 Å². The van der Waals surface area contributed by atoms with Crippen molar-refractivity contribution in [3.8, 4) is 11.5 Å². The van der Waals surface area contributed by atoms with E-state index in [0.717, 1.165) is 10.2 Å². The highest BCUT2D eigenvalue weighted by Crippen LogP contribution is 2.26. The molecule has 0 spiro atoms. The number of benzene rings is 2. The summed E-state index contributed by atoms with van der Waals surface area (Å²) in [6.45, 7) is 4.35. The van der Waals surface area contributed by atoms with Gasteiger partial charge in [-0.3, -0.25) is 4.79 Å². The van der Waals surface area contributed by atoms with Gasteiger partial charge in [0.05, 0.1) is 18.0 Å². The molecule has 0 saturated heterocycles. The quantitative estimate of drug-likeness (QED) is 0.432. The number of amides is 1. The van der Waals surface area contributed by atoms with Crippen LogP contribution in [-0.4, -0.2) is 33.0 Å². The van der Waals surface area contributed by atoms with Crippen LogP contribution >= 0.6 is 27.7 Å². The second kappa shape index (κ2) is 10.5. The van der Waals surface area contributed by atoms with Crippen molar-refractivity contribution in [2.45, 2.75) is 25.1 Å². The molecule has 1 heterocycles. The molecule has 1 atom stereocenters. The zero-order chi connectivity index (χ0) is 21.5. The summed E-state index contributed by atoms with van der Waals surface area (Å²) in [6.07, 6.45) is -0.287. The van der Waals surface area contributed by atoms with Crippen LogP contribution in [0.2, 0.25) is 0 Å². The zero-order valence-corrected chi connectivity index (χ0v) is 19.4. The van der Waals surface area contributed by atoms with Crippen LogP contribution in [0.15, 0.2) is 58.2 Å². The lowest BCUT2D eigenvalue weighted by molar-refractivity contribution is -0.113. The first-order valence-corrected chi connectivity index (χ1v) is 11.2. The highest BCUT2D eigenvalue weighted by molar-refractivity contribution is 9.10. The number of thioether (sulfide) groups is 1. The largest absolute Gasteiger partial charge is 0.492 e. The molecule has 1 amide bonds. The van der Waals surface area contributed by atoms with Gasteiger partial charge < -0.3 is 19.4 Å². The molecule has 0 radical (unpaired) electrons. The third-order valence-corrected chi connectivity index (χ3v) is 5.70. The average molecular weight is 491 g/mol. The van der Waals surface area contributed by atoms with Crippen molar-refractivity contribution in [3.05, 3.63) is 58.8 Å². The molecule has 0 bridgehead atoms. The predicted octanol–water partition coefficient (Wildman–Crippen LogP) is 4.85. The molecular weight excluding hydrogens is 468 g/mol. The lowest BCUT2D eigenvalue weighted by Crippen LogP contribution is -2.15. The Kier molecular flexibility index (Phi) is 7.75. The van der Waals surface area contributed by atoms with Crippen molar-refractivity contribution >= 4 is 39.3 Å². The van der Waals surface area contributed by atoms with E-state index in [1.54, 1.807) is 0 Å². The van der Waals surface area contributed by atoms with E-state index in [2.05, 4.69) is 31.4 Å². The Labute approximate surface area is 188 Å². The number of ether oxygens (including phenoxy) is 2. The number of carbonyl (C=O) groups is 1. The van der Waals surface area contributed by atoms with Gasteiger partial charge in [-0.05, 0) is 50.2 Å². The van der Waals surface area contributed by atoms with Crippen LogP contribution in [0.4, 0.5) is 5.69 Å². The Morgan fingerprint density at radius 1 is 1.20 bits per heavy atom. The molecule has 9 heteroatoms. The van der Waals surface area contributed by atoms with Gasteiger partial charge in [0, 0.05) is 11.5 Å². The van der Waals surface area contributed by atoms with E-state index in [1.807, 2.05) is 74.0 Å². The molecular formula is C21H23BrN4O3S. The summed E-state index contributed by atoms with van der Waals surface area (Å²) in [4.78, 5) is 12.4. The molecule has 3 rings (SSSR count). The minimum atomic E-state index is -0.287. The van der Waals surface area contributed by atoms with E-state index in [0.29, 0.717) is 29.0 Å². The van der Waals surface area contributed by atoms with Gasteiger partial charge in [0.15, 0.2) is 17.1 Å². The first kappa shape index (κ1) is 22.2. The summed E-state index contributed by atoms with van der Waals surface area (Å²) < 4.78 is 14.3. The monoisotopic (exact) mass is 490 g/mol. The van der Waals surface area contributed by atoms with Gasteiger partial charge in [0.1, 0.15) is 11.5 Å². The van der Waals surface area contributed by atoms with Crippen LogP contribution in [-0.2, 0) is 11.8 Å². The number of hydrogen-bond acceptors (Lipinski definition) is 6. The maximum Gasteiger partial charge on any atom is 0.234 e. The van der Waals surface area contributed by atoms with Gasteiger partial charge in [-0.15, -0.1) is 10.2 Å². The molecule has 30 heavy (non-hydrogen) atoms. The molecule has 0 aliphatic rings. The fourth-order valence-corrected chi connectivity index (χ4v) is 3.73. The van der Waals surface area contributed by atoms with E-state index >= 15 is 0 Å². The lowest BCUT2D eigenvalue weighted by atomic mass is 10.3. The minimum absolute atomic E-state index is 0.143. The summed E-state index contributed by atoms with van der Waals surface area (Å²) in [6, 6.07) is 15.0. The molecule has 7 nitrogen and oxygen atoms in total. The number of nitrogens with one attached hydrogen (secondary N) is 1. The predicted molar refractivity (Wildman–Crippen MR) is 121 cm³/mol. The highest BCUT2D eigenvalue weighted by Gasteiger charge is 2.18. The van der Waals surface area contributed by atoms with E-state index < -0.39 is 0 Å². The van der Waals surface area contributed by atoms with Crippen molar-refractivity contribution in [1.29, 1.82) is 0 Å². The Morgan fingerprint density at radius 3 is 2.67 bits per heavy atom. The topological polar surface area (TPSA) is 78.3 Å². The van der Waals surface area contributed by atoms with Gasteiger partial charge in [-0.25, -0.2) is 0 Å². The Hall–Kier alpha value is -2.52. The minimum Gasteiger partial charge on any atom is -0.492 e. The summed E-state index contributed by atoms with van der Waals surface area (Å²) in [5.74, 6) is 2.14. The zero-order valence-electron chi connectivity index (χ0n) is 17.0. The second-order valence-corrected chi connectivity index (χ2v) is 8.24. The SMILES string of the molecule is CCOc1ccccc1NC(=O)CSc1nnc(C(C)Oc2ccc(Br)cc2)n1C. The average Bonchev–Trinajstić information content (AvgIpc) is 3.10. The number of rotatable bonds is 9. The summed E-state index contributed by atoms with van der Waals surface area (Å²) in [5, 5.41) is 12.0. The molecule has 1 unspecified atom stereocenters. The first-order valence-electron chi connectivity index (χ1n) is 9.44. The third-order valence-electron chi connectivity index (χ3n) is 4.15. The van der Waals surface area contributed by atoms with Crippen molar-refractivity contribution in [3.63, 3.8) is 0 Å². The summed E-state index contributed by atoms with van der Waals surface area (Å²) in [5.41, 5.74) is 0.653. The Balaban J connectivity index is 1.58. The third kappa shape index (κ3) is 5.76. The molecule has 0 aliphatic heterocycles. The fourth-order valence-electron chi connectivity index (χ4n) is 2.74. The molecule has 2 aromatic carbocycles. The molecule has 0 fully saturated rings. The summed E-state index contributed by atoms with van der Waals surface area (Å²) in [7, 11) is 1.86. The van der Waals surface area contributed by atoms with E-state index in [1.165, 1.54) is 11.8 Å². The number of carbonyl (C=O) groups excluding carboxylic acids is 1. The Morgan fingerprint density at radius 2 is 1.93 bits per heavy atom. The van der Waals surface area contributed by atoms with Crippen molar-refractivity contribution < 1.29 is 14.3 Å². The van der Waals surface area contributed by atoms with Gasteiger partial charge >= 0.3 is 0 Å². The van der Waals surface area contributed by atoms with Gasteiger partial charge in [0.2, 0.25) is 5.91 Å². The van der Waals surface area contributed by atoms with Crippen LogP contribution in [0.5, 0.6) is 11.5 Å². The number of para-hydroxylation sites is 2. The number of hydrogen-bond donors (Lipinski definition) is 1. The molecule has 1 aromatic heterocycles. The fraction of sp³-hybridized carbons (Fsp3) is 0.286. The molecule has 1 N–H and O–H groups in total. The van der Waals surface area contributed by atoms with Crippen molar-refractivity contribution in [2.75, 3.05) is 17.7 Å². The van der Waals surface area contributed by atoms with Crippen LogP contribution in [0.1, 0.15) is 25.8 Å². The van der Waals surface area contributed by atoms with E-state index in [-0.39, 0.29) is 17.8 Å². The number of halogens is 1.